The van der Waals surface area contributed by atoms with Gasteiger partial charge in [0.15, 0.2) is 0 Å². The summed E-state index contributed by atoms with van der Waals surface area (Å²) in [6, 6.07) is -0.487. The Labute approximate surface area is 140 Å². The molecule has 138 valence electrons. The fourth-order valence-electron chi connectivity index (χ4n) is 0.982. The Kier molecular flexibility index (Phi) is 43.5. The van der Waals surface area contributed by atoms with Gasteiger partial charge in [-0.2, -0.15) is 0 Å². The Morgan fingerprint density at radius 3 is 1.76 bits per heavy atom. The van der Waals surface area contributed by atoms with Gasteiger partial charge >= 0.3 is 5.97 Å². The van der Waals surface area contributed by atoms with Crippen molar-refractivity contribution in [2.75, 3.05) is 14.3 Å². The van der Waals surface area contributed by atoms with Gasteiger partial charge in [0.1, 0.15) is 11.6 Å². The van der Waals surface area contributed by atoms with Crippen LogP contribution in [0, 0.1) is 5.92 Å². The number of rotatable bonds is 3. The zero-order valence-corrected chi connectivity index (χ0v) is 13.0. The lowest BCUT2D eigenvalue weighted by atomic mass is 10.0. The van der Waals surface area contributed by atoms with E-state index in [9.17, 15) is 9.18 Å². The molecular weight excluding hydrogens is 297 g/mol. The van der Waals surface area contributed by atoms with Gasteiger partial charge in [-0.1, -0.05) is 36.1 Å². The third kappa shape index (κ3) is 38.2. The van der Waals surface area contributed by atoms with E-state index in [4.69, 9.17) is 16.9 Å². The zero-order valence-electron chi connectivity index (χ0n) is 13.2. The van der Waals surface area contributed by atoms with Gasteiger partial charge in [-0.25, -0.2) is 0 Å². The molecule has 0 rings (SSSR count). The summed E-state index contributed by atoms with van der Waals surface area (Å²) in [6.45, 7) is 9.58. The molecule has 1 atom stereocenters. The predicted molar refractivity (Wildman–Crippen MR) is 95.9 cm³/mol. The Balaban J connectivity index is -0.0000000447. The van der Waals surface area contributed by atoms with Gasteiger partial charge in [-0.3, -0.25) is 9.18 Å². The number of carbonyl (C=O) groups is 1. The summed E-state index contributed by atoms with van der Waals surface area (Å²) in [5.41, 5.74) is 5.21. The number of aliphatic hydroxyl groups is 1. The standard InChI is InChI=1S/C10H21NO2.CH3F.CH4O.3CH4.ClH/c1-7(2)6-8(11)9(12)13-10(3,4)5;2*1-2;;;;/h7-8H,6,11H2,1-5H3;1H3;2H,1H3;3*1H4;1H/t8-;;;;;;/m0....../s1/i;1D;;;;;. The van der Waals surface area contributed by atoms with Crippen LogP contribution in [0.5, 0.6) is 0 Å². The molecule has 3 N–H and O–H groups in total. The number of carbonyl (C=O) groups excluding carboxylic acids is 1. The second kappa shape index (κ2) is 24.6. The van der Waals surface area contributed by atoms with Crippen LogP contribution in [0.4, 0.5) is 4.39 Å². The highest BCUT2D eigenvalue weighted by Gasteiger charge is 2.22. The maximum Gasteiger partial charge on any atom is 0.323 e. The van der Waals surface area contributed by atoms with Gasteiger partial charge in [0, 0.05) is 7.11 Å². The minimum Gasteiger partial charge on any atom is -0.459 e. The number of halogens is 2. The molecule has 4 nitrogen and oxygen atoms in total. The van der Waals surface area contributed by atoms with E-state index in [1.165, 1.54) is 0 Å². The predicted octanol–water partition coefficient (Wildman–Crippen LogP) is 4.23. The van der Waals surface area contributed by atoms with Gasteiger partial charge in [0.2, 0.25) is 0 Å². The van der Waals surface area contributed by atoms with Gasteiger partial charge in [0.05, 0.1) is 8.52 Å². The van der Waals surface area contributed by atoms with Gasteiger partial charge in [-0.15, -0.1) is 12.4 Å². The molecule has 0 unspecified atom stereocenters. The summed E-state index contributed by atoms with van der Waals surface area (Å²) in [5.74, 6) is 0.115. The van der Waals surface area contributed by atoms with Crippen molar-refractivity contribution in [3.63, 3.8) is 0 Å². The summed E-state index contributed by atoms with van der Waals surface area (Å²) in [5, 5.41) is 7.00. The first-order valence-electron chi connectivity index (χ1n) is 6.13. The summed E-state index contributed by atoms with van der Waals surface area (Å²) >= 11 is 0. The van der Waals surface area contributed by atoms with Crippen LogP contribution in [0.1, 0.15) is 64.7 Å². The molecule has 0 amide bonds. The Morgan fingerprint density at radius 2 is 1.57 bits per heavy atom. The monoisotopic (exact) mass is 338 g/mol. The van der Waals surface area contributed by atoms with E-state index in [0.717, 1.165) is 7.11 Å². The van der Waals surface area contributed by atoms with Crippen LogP contribution < -0.4 is 5.73 Å². The number of hydrogen-bond acceptors (Lipinski definition) is 4. The molecule has 0 aliphatic carbocycles. The van der Waals surface area contributed by atoms with Crippen molar-refractivity contribution in [2.24, 2.45) is 11.7 Å². The highest BCUT2D eigenvalue weighted by molar-refractivity contribution is 5.85. The summed E-state index contributed by atoms with van der Waals surface area (Å²) in [4.78, 5) is 11.3. The SMILES string of the molecule is C.C.C.CC(C)C[C@H](N)C(=O)OC(C)(C)C.CO.Cl.[2H]CF. The fourth-order valence-corrected chi connectivity index (χ4v) is 0.982. The number of nitrogens with two attached hydrogens (primary N) is 1. The molecule has 0 saturated carbocycles. The summed E-state index contributed by atoms with van der Waals surface area (Å²) < 4.78 is 20.6. The molecule has 0 aromatic heterocycles. The van der Waals surface area contributed by atoms with Crippen LogP contribution in [-0.4, -0.2) is 37.0 Å². The Bertz CT molecular complexity index is 204. The first-order valence-corrected chi connectivity index (χ1v) is 5.42. The van der Waals surface area contributed by atoms with Crippen molar-refractivity contribution < 1.29 is 20.4 Å². The van der Waals surface area contributed by atoms with Gasteiger partial charge < -0.3 is 15.6 Å². The van der Waals surface area contributed by atoms with Crippen LogP contribution >= 0.6 is 12.4 Å². The van der Waals surface area contributed by atoms with Crippen molar-refractivity contribution in [2.45, 2.75) is 75.0 Å². The first kappa shape index (κ1) is 37.1. The highest BCUT2D eigenvalue weighted by atomic mass is 35.5. The van der Waals surface area contributed by atoms with Crippen LogP contribution in [0.3, 0.4) is 0 Å². The average Bonchev–Trinajstić information content (AvgIpc) is 2.18. The average molecular weight is 339 g/mol. The molecule has 0 aliphatic heterocycles. The van der Waals surface area contributed by atoms with E-state index in [0.29, 0.717) is 12.3 Å². The second-order valence-corrected chi connectivity index (χ2v) is 4.77. The van der Waals surface area contributed by atoms with Crippen molar-refractivity contribution >= 4 is 18.4 Å². The number of aliphatic hydroxyl groups excluding tert-OH is 1. The van der Waals surface area contributed by atoms with E-state index < -0.39 is 18.8 Å². The lowest BCUT2D eigenvalue weighted by Crippen LogP contribution is -2.38. The van der Waals surface area contributed by atoms with Crippen molar-refractivity contribution in [1.29, 1.82) is 0 Å². The molecule has 6 heteroatoms. The van der Waals surface area contributed by atoms with E-state index in [2.05, 4.69) is 0 Å². The molecule has 0 fully saturated rings. The van der Waals surface area contributed by atoms with E-state index in [1.54, 1.807) is 0 Å². The molecule has 21 heavy (non-hydrogen) atoms. The van der Waals surface area contributed by atoms with Crippen LogP contribution in [0.15, 0.2) is 0 Å². The van der Waals surface area contributed by atoms with E-state index in [1.807, 2.05) is 34.6 Å². The Morgan fingerprint density at radius 1 is 1.29 bits per heavy atom. The maximum absolute atomic E-state index is 11.3. The quantitative estimate of drug-likeness (QED) is 0.755. The van der Waals surface area contributed by atoms with E-state index >= 15 is 0 Å². The lowest BCUT2D eigenvalue weighted by molar-refractivity contribution is -0.156. The van der Waals surface area contributed by atoms with Gasteiger partial charge in [0.25, 0.3) is 0 Å². The van der Waals surface area contributed by atoms with Crippen molar-refractivity contribution in [3.05, 3.63) is 0 Å². The zero-order chi connectivity index (χ0) is 15.4. The third-order valence-electron chi connectivity index (χ3n) is 1.43. The van der Waals surface area contributed by atoms with Crippen molar-refractivity contribution in [3.8, 4) is 0 Å². The molecular formula is C15H41ClFNO3. The fraction of sp³-hybridized carbons (Fsp3) is 0.933. The number of hydrogen-bond donors (Lipinski definition) is 2. The molecule has 0 aromatic rings. The second-order valence-electron chi connectivity index (χ2n) is 4.77. The Hall–Kier alpha value is -0.390. The van der Waals surface area contributed by atoms with Crippen LogP contribution in [0.2, 0.25) is 0 Å². The van der Waals surface area contributed by atoms with Crippen molar-refractivity contribution in [1.82, 2.24) is 0 Å². The van der Waals surface area contributed by atoms with Crippen LogP contribution in [-0.2, 0) is 9.53 Å². The molecule has 0 aromatic carbocycles. The topological polar surface area (TPSA) is 72.6 Å². The molecule has 0 spiro atoms. The maximum atomic E-state index is 11.3. The normalized spacial score (nSPS) is 10.1. The van der Waals surface area contributed by atoms with E-state index in [-0.39, 0.29) is 40.7 Å². The molecule has 0 aliphatic rings. The summed E-state index contributed by atoms with van der Waals surface area (Å²) in [6.07, 6.45) is 0.676. The number of esters is 1. The molecule has 0 radical (unpaired) electrons. The smallest absolute Gasteiger partial charge is 0.323 e. The number of alkyl halides is 1. The largest absolute Gasteiger partial charge is 0.459 e. The molecule has 0 heterocycles. The molecule has 0 saturated heterocycles. The third-order valence-corrected chi connectivity index (χ3v) is 1.43. The lowest BCUT2D eigenvalue weighted by Gasteiger charge is -2.22. The van der Waals surface area contributed by atoms with Crippen LogP contribution in [0.25, 0.3) is 0 Å². The minimum atomic E-state index is -1.00. The summed E-state index contributed by atoms with van der Waals surface area (Å²) in [7, 11) is 0. The molecule has 0 bridgehead atoms. The number of ether oxygens (including phenoxy) is 1. The van der Waals surface area contributed by atoms with Gasteiger partial charge in [-0.05, 0) is 33.1 Å². The minimum absolute atomic E-state index is 0. The highest BCUT2D eigenvalue weighted by Crippen LogP contribution is 2.11. The first-order chi connectivity index (χ1) is 8.14.